The number of unbranched alkanes of at least 4 members (excludes halogenated alkanes) is 5. The summed E-state index contributed by atoms with van der Waals surface area (Å²) in [7, 11) is 1.61. The summed E-state index contributed by atoms with van der Waals surface area (Å²) in [6, 6.07) is 7.59. The lowest BCUT2D eigenvalue weighted by atomic mass is 10.1. The monoisotopic (exact) mass is 310 g/mol. The second kappa shape index (κ2) is 10.6. The van der Waals surface area contributed by atoms with Crippen molar-refractivity contribution in [2.75, 3.05) is 7.11 Å². The van der Waals surface area contributed by atoms with Gasteiger partial charge in [0.15, 0.2) is 0 Å². The Morgan fingerprint density at radius 2 is 1.86 bits per heavy atom. The van der Waals surface area contributed by atoms with Crippen LogP contribution >= 0.6 is 11.8 Å². The molecule has 0 aliphatic carbocycles. The van der Waals surface area contributed by atoms with Crippen LogP contribution in [0.2, 0.25) is 0 Å². The van der Waals surface area contributed by atoms with E-state index in [9.17, 15) is 9.90 Å². The Bertz CT molecular complexity index is 420. The van der Waals surface area contributed by atoms with Gasteiger partial charge >= 0.3 is 5.97 Å². The molecular weight excluding hydrogens is 284 g/mol. The SMILES string of the molecule is CCCCCCCCC(Sc1ccccc1OC)C(=O)O. The highest BCUT2D eigenvalue weighted by atomic mass is 32.2. The lowest BCUT2D eigenvalue weighted by Gasteiger charge is -2.14. The van der Waals surface area contributed by atoms with Crippen LogP contribution in [-0.2, 0) is 4.79 Å². The van der Waals surface area contributed by atoms with Crippen LogP contribution in [0, 0.1) is 0 Å². The van der Waals surface area contributed by atoms with E-state index in [1.165, 1.54) is 37.4 Å². The molecule has 3 nitrogen and oxygen atoms in total. The molecule has 0 aliphatic heterocycles. The highest BCUT2D eigenvalue weighted by Crippen LogP contribution is 2.34. The van der Waals surface area contributed by atoms with Gasteiger partial charge in [0.1, 0.15) is 11.0 Å². The third-order valence-electron chi connectivity index (χ3n) is 3.43. The topological polar surface area (TPSA) is 46.5 Å². The van der Waals surface area contributed by atoms with Gasteiger partial charge in [-0.05, 0) is 18.6 Å². The number of benzene rings is 1. The first-order valence-corrected chi connectivity index (χ1v) is 8.59. The molecule has 1 aromatic carbocycles. The number of thioether (sulfide) groups is 1. The number of aliphatic carboxylic acids is 1. The Morgan fingerprint density at radius 1 is 1.19 bits per heavy atom. The highest BCUT2D eigenvalue weighted by molar-refractivity contribution is 8.00. The zero-order chi connectivity index (χ0) is 15.5. The molecule has 0 radical (unpaired) electrons. The molecule has 0 spiro atoms. The Kier molecular flexibility index (Phi) is 8.99. The van der Waals surface area contributed by atoms with Gasteiger partial charge in [-0.15, -0.1) is 11.8 Å². The summed E-state index contributed by atoms with van der Waals surface area (Å²) >= 11 is 1.39. The maximum Gasteiger partial charge on any atom is 0.316 e. The lowest BCUT2D eigenvalue weighted by Crippen LogP contribution is -2.16. The largest absolute Gasteiger partial charge is 0.496 e. The Morgan fingerprint density at radius 3 is 2.52 bits per heavy atom. The van der Waals surface area contributed by atoms with E-state index in [2.05, 4.69) is 6.92 Å². The van der Waals surface area contributed by atoms with E-state index in [1.807, 2.05) is 24.3 Å². The van der Waals surface area contributed by atoms with E-state index in [1.54, 1.807) is 7.11 Å². The van der Waals surface area contributed by atoms with Gasteiger partial charge in [0.2, 0.25) is 0 Å². The fraction of sp³-hybridized carbons (Fsp3) is 0.588. The quantitative estimate of drug-likeness (QED) is 0.462. The molecule has 0 saturated heterocycles. The molecule has 21 heavy (non-hydrogen) atoms. The molecule has 0 saturated carbocycles. The summed E-state index contributed by atoms with van der Waals surface area (Å²) in [4.78, 5) is 12.3. The summed E-state index contributed by atoms with van der Waals surface area (Å²) < 4.78 is 5.28. The first-order chi connectivity index (χ1) is 10.2. The molecular formula is C17H26O3S. The molecule has 0 heterocycles. The van der Waals surface area contributed by atoms with Gasteiger partial charge in [-0.25, -0.2) is 0 Å². The number of rotatable bonds is 11. The second-order valence-corrected chi connectivity index (χ2v) is 6.40. The van der Waals surface area contributed by atoms with Crippen molar-refractivity contribution in [1.29, 1.82) is 0 Å². The van der Waals surface area contributed by atoms with Crippen molar-refractivity contribution in [2.24, 2.45) is 0 Å². The fourth-order valence-electron chi connectivity index (χ4n) is 2.21. The zero-order valence-electron chi connectivity index (χ0n) is 13.0. The molecule has 0 amide bonds. The van der Waals surface area contributed by atoms with Crippen molar-refractivity contribution in [3.05, 3.63) is 24.3 Å². The summed E-state index contributed by atoms with van der Waals surface area (Å²) in [5.74, 6) is 0.0103. The van der Waals surface area contributed by atoms with Gasteiger partial charge in [-0.3, -0.25) is 4.79 Å². The fourth-order valence-corrected chi connectivity index (χ4v) is 3.33. The van der Waals surface area contributed by atoms with Crippen LogP contribution in [0.3, 0.4) is 0 Å². The van der Waals surface area contributed by atoms with Crippen molar-refractivity contribution in [1.82, 2.24) is 0 Å². The standard InChI is InChI=1S/C17H26O3S/c1-3-4-5-6-7-8-13-16(17(18)19)21-15-12-10-9-11-14(15)20-2/h9-12,16H,3-8,13H2,1-2H3,(H,18,19). The summed E-state index contributed by atoms with van der Waals surface area (Å²) in [5.41, 5.74) is 0. The van der Waals surface area contributed by atoms with Crippen molar-refractivity contribution in [2.45, 2.75) is 62.0 Å². The van der Waals surface area contributed by atoms with Crippen molar-refractivity contribution in [3.63, 3.8) is 0 Å². The minimum Gasteiger partial charge on any atom is -0.496 e. The number of ether oxygens (including phenoxy) is 1. The summed E-state index contributed by atoms with van der Waals surface area (Å²) in [6.07, 6.45) is 7.79. The number of methoxy groups -OCH3 is 1. The van der Waals surface area contributed by atoms with Gasteiger partial charge in [-0.1, -0.05) is 57.6 Å². The minimum atomic E-state index is -0.737. The number of carbonyl (C=O) groups is 1. The number of hydrogen-bond acceptors (Lipinski definition) is 3. The number of hydrogen-bond donors (Lipinski definition) is 1. The van der Waals surface area contributed by atoms with Crippen molar-refractivity contribution < 1.29 is 14.6 Å². The van der Waals surface area contributed by atoms with Gasteiger partial charge in [0.05, 0.1) is 12.0 Å². The van der Waals surface area contributed by atoms with Crippen LogP contribution in [0.5, 0.6) is 5.75 Å². The maximum atomic E-state index is 11.4. The first kappa shape index (κ1) is 17.9. The average Bonchev–Trinajstić information content (AvgIpc) is 2.49. The third kappa shape index (κ3) is 6.89. The van der Waals surface area contributed by atoms with Crippen LogP contribution in [0.25, 0.3) is 0 Å². The Balaban J connectivity index is 2.45. The summed E-state index contributed by atoms with van der Waals surface area (Å²) in [6.45, 7) is 2.20. The molecule has 1 rings (SSSR count). The predicted octanol–water partition coefficient (Wildman–Crippen LogP) is 4.99. The lowest BCUT2D eigenvalue weighted by molar-refractivity contribution is -0.136. The number of para-hydroxylation sites is 1. The van der Waals surface area contributed by atoms with Crippen LogP contribution in [0.15, 0.2) is 29.2 Å². The van der Waals surface area contributed by atoms with Crippen LogP contribution < -0.4 is 4.74 Å². The van der Waals surface area contributed by atoms with Gasteiger partial charge < -0.3 is 9.84 Å². The highest BCUT2D eigenvalue weighted by Gasteiger charge is 2.20. The molecule has 1 atom stereocenters. The minimum absolute atomic E-state index is 0.396. The van der Waals surface area contributed by atoms with E-state index in [0.29, 0.717) is 6.42 Å². The molecule has 118 valence electrons. The normalized spacial score (nSPS) is 12.1. The summed E-state index contributed by atoms with van der Waals surface area (Å²) in [5, 5.41) is 8.98. The molecule has 1 unspecified atom stereocenters. The van der Waals surface area contributed by atoms with Gasteiger partial charge in [0, 0.05) is 0 Å². The van der Waals surface area contributed by atoms with E-state index in [4.69, 9.17) is 4.74 Å². The first-order valence-electron chi connectivity index (χ1n) is 7.71. The predicted molar refractivity (Wildman–Crippen MR) is 88.3 cm³/mol. The molecule has 0 aromatic heterocycles. The number of carboxylic acid groups (broad SMARTS) is 1. The van der Waals surface area contributed by atoms with E-state index in [0.717, 1.165) is 23.5 Å². The molecule has 0 aliphatic rings. The van der Waals surface area contributed by atoms with Crippen LogP contribution in [0.4, 0.5) is 0 Å². The molecule has 0 fully saturated rings. The second-order valence-electron chi connectivity index (χ2n) is 5.15. The van der Waals surface area contributed by atoms with Crippen molar-refractivity contribution in [3.8, 4) is 5.75 Å². The zero-order valence-corrected chi connectivity index (χ0v) is 13.8. The third-order valence-corrected chi connectivity index (χ3v) is 4.75. The molecule has 1 aromatic rings. The van der Waals surface area contributed by atoms with Crippen LogP contribution in [0.1, 0.15) is 51.9 Å². The molecule has 1 N–H and O–H groups in total. The van der Waals surface area contributed by atoms with Crippen molar-refractivity contribution >= 4 is 17.7 Å². The number of carboxylic acids is 1. The van der Waals surface area contributed by atoms with E-state index >= 15 is 0 Å². The van der Waals surface area contributed by atoms with E-state index < -0.39 is 11.2 Å². The smallest absolute Gasteiger partial charge is 0.316 e. The van der Waals surface area contributed by atoms with Gasteiger partial charge in [0.25, 0.3) is 0 Å². The average molecular weight is 310 g/mol. The molecule has 0 bridgehead atoms. The van der Waals surface area contributed by atoms with Crippen LogP contribution in [-0.4, -0.2) is 23.4 Å². The Hall–Kier alpha value is -1.16. The molecule has 4 heteroatoms. The Labute approximate surface area is 132 Å². The van der Waals surface area contributed by atoms with Gasteiger partial charge in [-0.2, -0.15) is 0 Å². The maximum absolute atomic E-state index is 11.4. The van der Waals surface area contributed by atoms with E-state index in [-0.39, 0.29) is 0 Å².